The maximum Gasteiger partial charge on any atom is 0.120 e. The third kappa shape index (κ3) is 5.29. The Balaban J connectivity index is 1.45. The average molecular weight is 392 g/mol. The Morgan fingerprint density at radius 3 is 2.03 bits per heavy atom. The van der Waals surface area contributed by atoms with E-state index in [1.165, 1.54) is 30.4 Å². The predicted molar refractivity (Wildman–Crippen MR) is 121 cm³/mol. The minimum Gasteiger partial charge on any atom is -0.359 e. The Morgan fingerprint density at radius 2 is 1.41 bits per heavy atom. The van der Waals surface area contributed by atoms with Crippen molar-refractivity contribution in [2.75, 3.05) is 6.61 Å². The number of rotatable bonds is 7. The molecule has 1 heterocycles. The van der Waals surface area contributed by atoms with E-state index in [4.69, 9.17) is 4.74 Å². The van der Waals surface area contributed by atoms with Crippen LogP contribution in [0.5, 0.6) is 0 Å². The summed E-state index contributed by atoms with van der Waals surface area (Å²) in [5.74, 6) is 1.47. The summed E-state index contributed by atoms with van der Waals surface area (Å²) in [6, 6.07) is 21.8. The molecule has 2 aromatic carbocycles. The Morgan fingerprint density at radius 1 is 0.828 bits per heavy atom. The number of hydrogen-bond donors (Lipinski definition) is 1. The minimum atomic E-state index is -0.0967. The van der Waals surface area contributed by atoms with Crippen molar-refractivity contribution < 1.29 is 4.74 Å². The van der Waals surface area contributed by atoms with Crippen LogP contribution in [0.1, 0.15) is 63.5 Å². The lowest BCUT2D eigenvalue weighted by Gasteiger charge is -2.41. The van der Waals surface area contributed by atoms with E-state index in [0.29, 0.717) is 0 Å². The van der Waals surface area contributed by atoms with Crippen molar-refractivity contribution in [2.45, 2.75) is 76.5 Å². The van der Waals surface area contributed by atoms with Crippen LogP contribution in [-0.4, -0.2) is 17.9 Å². The van der Waals surface area contributed by atoms with Crippen LogP contribution in [0.2, 0.25) is 0 Å². The van der Waals surface area contributed by atoms with Gasteiger partial charge in [-0.05, 0) is 74.3 Å². The zero-order valence-corrected chi connectivity index (χ0v) is 18.2. The summed E-state index contributed by atoms with van der Waals surface area (Å²) in [7, 11) is 0. The maximum atomic E-state index is 6.62. The second-order valence-corrected chi connectivity index (χ2v) is 9.87. The van der Waals surface area contributed by atoms with E-state index in [9.17, 15) is 0 Å². The van der Waals surface area contributed by atoms with Gasteiger partial charge in [-0.3, -0.25) is 5.32 Å². The summed E-state index contributed by atoms with van der Waals surface area (Å²) in [6.07, 6.45) is 9.44. The number of benzene rings is 2. The number of hydrogen-bond acceptors (Lipinski definition) is 2. The molecule has 2 heteroatoms. The first-order valence-electron chi connectivity index (χ1n) is 11.6. The molecule has 2 unspecified atom stereocenters. The fourth-order valence-corrected chi connectivity index (χ4v) is 5.81. The quantitative estimate of drug-likeness (QED) is 0.611. The molecule has 1 spiro atoms. The zero-order chi connectivity index (χ0) is 20.2. The van der Waals surface area contributed by atoms with Crippen molar-refractivity contribution in [3.05, 3.63) is 71.8 Å². The van der Waals surface area contributed by atoms with Crippen LogP contribution in [0.4, 0.5) is 0 Å². The van der Waals surface area contributed by atoms with E-state index >= 15 is 0 Å². The zero-order valence-electron chi connectivity index (χ0n) is 18.2. The second kappa shape index (κ2) is 9.02. The van der Waals surface area contributed by atoms with E-state index in [1.54, 1.807) is 0 Å². The fourth-order valence-electron chi connectivity index (χ4n) is 5.81. The molecule has 2 aromatic rings. The van der Waals surface area contributed by atoms with Crippen LogP contribution in [0, 0.1) is 11.8 Å². The molecule has 4 atom stereocenters. The minimum absolute atomic E-state index is 0.0967. The molecular weight excluding hydrogens is 354 g/mol. The van der Waals surface area contributed by atoms with Crippen LogP contribution in [0.15, 0.2) is 60.7 Å². The lowest BCUT2D eigenvalue weighted by Crippen LogP contribution is -2.54. The third-order valence-corrected chi connectivity index (χ3v) is 6.98. The Hall–Kier alpha value is -1.64. The van der Waals surface area contributed by atoms with E-state index in [1.807, 2.05) is 0 Å². The lowest BCUT2D eigenvalue weighted by molar-refractivity contribution is -0.0660. The molecule has 4 rings (SSSR count). The maximum absolute atomic E-state index is 6.62. The topological polar surface area (TPSA) is 21.3 Å². The van der Waals surface area contributed by atoms with Gasteiger partial charge in [-0.15, -0.1) is 0 Å². The normalized spacial score (nSPS) is 31.9. The number of aryl methyl sites for hydroxylation is 2. The predicted octanol–water partition coefficient (Wildman–Crippen LogP) is 6.15. The molecule has 1 aliphatic carbocycles. The highest BCUT2D eigenvalue weighted by atomic mass is 16.5. The van der Waals surface area contributed by atoms with Gasteiger partial charge < -0.3 is 4.74 Å². The van der Waals surface area contributed by atoms with Crippen LogP contribution < -0.4 is 5.32 Å². The van der Waals surface area contributed by atoms with Crippen molar-refractivity contribution in [3.63, 3.8) is 0 Å². The van der Waals surface area contributed by atoms with Crippen LogP contribution in [-0.2, 0) is 17.6 Å². The monoisotopic (exact) mass is 391 g/mol. The Labute approximate surface area is 177 Å². The summed E-state index contributed by atoms with van der Waals surface area (Å²) in [5.41, 5.74) is 2.88. The van der Waals surface area contributed by atoms with Gasteiger partial charge in [-0.1, -0.05) is 74.5 Å². The van der Waals surface area contributed by atoms with Crippen LogP contribution in [0.3, 0.4) is 0 Å². The summed E-state index contributed by atoms with van der Waals surface area (Å²) >= 11 is 0. The molecule has 1 saturated carbocycles. The molecule has 1 N–H and O–H groups in total. The first kappa shape index (κ1) is 20.6. The summed E-state index contributed by atoms with van der Waals surface area (Å²) < 4.78 is 6.62. The summed E-state index contributed by atoms with van der Waals surface area (Å²) in [5, 5.41) is 4.11. The highest BCUT2D eigenvalue weighted by Crippen LogP contribution is 2.43. The number of nitrogens with one attached hydrogen (secondary N) is 1. The molecule has 0 amide bonds. The first-order chi connectivity index (χ1) is 14.1. The lowest BCUT2D eigenvalue weighted by atomic mass is 9.77. The van der Waals surface area contributed by atoms with Gasteiger partial charge in [0.15, 0.2) is 0 Å². The molecule has 2 aliphatic rings. The first-order valence-corrected chi connectivity index (χ1v) is 11.6. The molecule has 29 heavy (non-hydrogen) atoms. The SMILES string of the molecule is C[C@@H]1C[C@H](C)CC2(C1)NC(CCCc1ccccc1)(CCc1ccccc1)CO2. The van der Waals surface area contributed by atoms with Crippen molar-refractivity contribution in [3.8, 4) is 0 Å². The average Bonchev–Trinajstić information content (AvgIpc) is 3.05. The standard InChI is InChI=1S/C27H37NO/c1-22-18-23(2)20-27(19-22)28-26(21-29-27,17-15-25-12-7-4-8-13-25)16-9-14-24-10-5-3-6-11-24/h3-8,10-13,22-23,28H,9,14-21H2,1-2H3/t22-,23+,26?,27?. The largest absolute Gasteiger partial charge is 0.359 e. The Bertz CT molecular complexity index is 749. The molecule has 156 valence electrons. The van der Waals surface area contributed by atoms with Gasteiger partial charge in [-0.25, -0.2) is 0 Å². The van der Waals surface area contributed by atoms with Gasteiger partial charge in [0, 0.05) is 5.54 Å². The van der Waals surface area contributed by atoms with Gasteiger partial charge in [0.2, 0.25) is 0 Å². The summed E-state index contributed by atoms with van der Waals surface area (Å²) in [4.78, 5) is 0. The molecule has 2 fully saturated rings. The molecule has 0 aromatic heterocycles. The van der Waals surface area contributed by atoms with Crippen molar-refractivity contribution >= 4 is 0 Å². The van der Waals surface area contributed by atoms with Crippen molar-refractivity contribution in [2.24, 2.45) is 11.8 Å². The molecule has 1 saturated heterocycles. The summed E-state index contributed by atoms with van der Waals surface area (Å²) in [6.45, 7) is 5.64. The molecule has 0 radical (unpaired) electrons. The smallest absolute Gasteiger partial charge is 0.120 e. The van der Waals surface area contributed by atoms with Crippen molar-refractivity contribution in [1.82, 2.24) is 5.32 Å². The highest BCUT2D eigenvalue weighted by molar-refractivity contribution is 5.17. The van der Waals surface area contributed by atoms with Crippen LogP contribution in [0.25, 0.3) is 0 Å². The fraction of sp³-hybridized carbons (Fsp3) is 0.556. The van der Waals surface area contributed by atoms with E-state index in [0.717, 1.165) is 50.5 Å². The molecular formula is C27H37NO. The second-order valence-electron chi connectivity index (χ2n) is 9.87. The van der Waals surface area contributed by atoms with Crippen LogP contribution >= 0.6 is 0 Å². The molecule has 0 bridgehead atoms. The van der Waals surface area contributed by atoms with Gasteiger partial charge in [0.25, 0.3) is 0 Å². The molecule has 2 nitrogen and oxygen atoms in total. The van der Waals surface area contributed by atoms with Gasteiger partial charge in [0.05, 0.1) is 6.61 Å². The van der Waals surface area contributed by atoms with Gasteiger partial charge in [-0.2, -0.15) is 0 Å². The van der Waals surface area contributed by atoms with Crippen molar-refractivity contribution in [1.29, 1.82) is 0 Å². The van der Waals surface area contributed by atoms with Gasteiger partial charge >= 0.3 is 0 Å². The van der Waals surface area contributed by atoms with Gasteiger partial charge in [0.1, 0.15) is 5.72 Å². The Kier molecular flexibility index (Phi) is 6.41. The van der Waals surface area contributed by atoms with E-state index in [-0.39, 0.29) is 11.3 Å². The highest BCUT2D eigenvalue weighted by Gasteiger charge is 2.50. The van der Waals surface area contributed by atoms with E-state index < -0.39 is 0 Å². The molecule has 1 aliphatic heterocycles. The van der Waals surface area contributed by atoms with E-state index in [2.05, 4.69) is 79.8 Å². The number of ether oxygens (including phenoxy) is 1. The third-order valence-electron chi connectivity index (χ3n) is 6.98.